The summed E-state index contributed by atoms with van der Waals surface area (Å²) in [7, 11) is 0. The van der Waals surface area contributed by atoms with Gasteiger partial charge in [-0.15, -0.1) is 0 Å². The molecule has 5 nitrogen and oxygen atoms in total. The quantitative estimate of drug-likeness (QED) is 0.884. The van der Waals surface area contributed by atoms with Crippen LogP contribution in [0.2, 0.25) is 0 Å². The molecule has 1 amide bonds. The van der Waals surface area contributed by atoms with E-state index >= 15 is 0 Å². The molecule has 3 rings (SSSR count). The van der Waals surface area contributed by atoms with Gasteiger partial charge in [0.25, 0.3) is 0 Å². The average Bonchev–Trinajstić information content (AvgIpc) is 3.03. The maximum Gasteiger partial charge on any atom is 0.228 e. The van der Waals surface area contributed by atoms with Crippen LogP contribution in [-0.2, 0) is 11.2 Å². The van der Waals surface area contributed by atoms with Gasteiger partial charge >= 0.3 is 0 Å². The summed E-state index contributed by atoms with van der Waals surface area (Å²) in [5.74, 6) is 0.593. The normalized spacial score (nSPS) is 22.6. The first-order chi connectivity index (χ1) is 9.69. The number of nitrogens with two attached hydrogens (primary N) is 1. The first-order valence-electron chi connectivity index (χ1n) is 7.10. The van der Waals surface area contributed by atoms with Crippen LogP contribution in [0.3, 0.4) is 0 Å². The third-order valence-corrected chi connectivity index (χ3v) is 4.18. The van der Waals surface area contributed by atoms with Crippen LogP contribution in [0.1, 0.15) is 19.0 Å². The number of nitrogens with zero attached hydrogens (tertiary/aromatic N) is 2. The summed E-state index contributed by atoms with van der Waals surface area (Å²) in [4.78, 5) is 14.4. The lowest BCUT2D eigenvalue weighted by atomic mass is 10.1. The molecule has 1 aliphatic heterocycles. The fourth-order valence-electron chi connectivity index (χ4n) is 3.06. The first kappa shape index (κ1) is 13.1. The van der Waals surface area contributed by atoms with Crippen LogP contribution in [0, 0.1) is 5.92 Å². The van der Waals surface area contributed by atoms with Gasteiger partial charge in [0.2, 0.25) is 5.91 Å². The number of benzene rings is 1. The molecule has 0 bridgehead atoms. The van der Waals surface area contributed by atoms with Crippen LogP contribution in [-0.4, -0.2) is 40.1 Å². The molecule has 2 aromatic rings. The van der Waals surface area contributed by atoms with Crippen LogP contribution in [0.4, 0.5) is 0 Å². The summed E-state index contributed by atoms with van der Waals surface area (Å²) in [6.45, 7) is 3.53. The fourth-order valence-corrected chi connectivity index (χ4v) is 3.06. The van der Waals surface area contributed by atoms with E-state index in [1.165, 1.54) is 0 Å². The van der Waals surface area contributed by atoms with Gasteiger partial charge in [0.05, 0.1) is 17.6 Å². The van der Waals surface area contributed by atoms with Gasteiger partial charge in [-0.25, -0.2) is 0 Å². The van der Waals surface area contributed by atoms with E-state index < -0.39 is 0 Å². The maximum atomic E-state index is 12.5. The Morgan fingerprint density at radius 1 is 1.50 bits per heavy atom. The average molecular weight is 272 g/mol. The summed E-state index contributed by atoms with van der Waals surface area (Å²) in [6, 6.07) is 8.14. The molecule has 20 heavy (non-hydrogen) atoms. The third-order valence-electron chi connectivity index (χ3n) is 4.18. The highest BCUT2D eigenvalue weighted by atomic mass is 16.2. The molecule has 0 aliphatic carbocycles. The lowest BCUT2D eigenvalue weighted by Gasteiger charge is -2.21. The monoisotopic (exact) mass is 272 g/mol. The van der Waals surface area contributed by atoms with Crippen molar-refractivity contribution in [2.24, 2.45) is 11.7 Å². The molecule has 106 valence electrons. The second kappa shape index (κ2) is 5.25. The lowest BCUT2D eigenvalue weighted by molar-refractivity contribution is -0.131. The van der Waals surface area contributed by atoms with Crippen molar-refractivity contribution >= 4 is 16.8 Å². The Bertz CT molecular complexity index is 621. The van der Waals surface area contributed by atoms with Gasteiger partial charge in [-0.3, -0.25) is 9.89 Å². The molecule has 1 aromatic heterocycles. The molecule has 2 heterocycles. The number of carbonyl (C=O) groups excluding carboxylic acids is 1. The van der Waals surface area contributed by atoms with Gasteiger partial charge < -0.3 is 10.6 Å². The predicted molar refractivity (Wildman–Crippen MR) is 78.1 cm³/mol. The van der Waals surface area contributed by atoms with Crippen molar-refractivity contribution in [1.29, 1.82) is 0 Å². The van der Waals surface area contributed by atoms with Crippen LogP contribution < -0.4 is 5.73 Å². The van der Waals surface area contributed by atoms with Crippen molar-refractivity contribution in [2.75, 3.05) is 13.1 Å². The molecule has 1 fully saturated rings. The van der Waals surface area contributed by atoms with E-state index in [9.17, 15) is 4.79 Å². The van der Waals surface area contributed by atoms with Crippen LogP contribution in [0.15, 0.2) is 24.3 Å². The highest BCUT2D eigenvalue weighted by Crippen LogP contribution is 2.24. The third kappa shape index (κ3) is 2.29. The van der Waals surface area contributed by atoms with E-state index in [1.807, 2.05) is 29.2 Å². The molecule has 5 heteroatoms. The number of H-pyrrole nitrogens is 1. The molecule has 0 spiro atoms. The molecule has 0 saturated carbocycles. The number of aromatic nitrogens is 2. The summed E-state index contributed by atoms with van der Waals surface area (Å²) in [5, 5.41) is 8.25. The minimum atomic E-state index is 0.155. The van der Waals surface area contributed by atoms with Crippen molar-refractivity contribution in [3.63, 3.8) is 0 Å². The molecular formula is C15H20N4O. The van der Waals surface area contributed by atoms with Gasteiger partial charge in [-0.1, -0.05) is 18.2 Å². The van der Waals surface area contributed by atoms with Crippen molar-refractivity contribution in [2.45, 2.75) is 25.8 Å². The largest absolute Gasteiger partial charge is 0.339 e. The Hall–Kier alpha value is -1.88. The fraction of sp³-hybridized carbons (Fsp3) is 0.467. The van der Waals surface area contributed by atoms with Gasteiger partial charge in [-0.05, 0) is 31.9 Å². The zero-order chi connectivity index (χ0) is 14.1. The van der Waals surface area contributed by atoms with Gasteiger partial charge in [0.15, 0.2) is 0 Å². The molecular weight excluding hydrogens is 252 g/mol. The van der Waals surface area contributed by atoms with E-state index in [-0.39, 0.29) is 11.9 Å². The summed E-state index contributed by atoms with van der Waals surface area (Å²) < 4.78 is 0. The lowest BCUT2D eigenvalue weighted by Crippen LogP contribution is -2.35. The summed E-state index contributed by atoms with van der Waals surface area (Å²) in [6.07, 6.45) is 1.38. The zero-order valence-electron chi connectivity index (χ0n) is 11.7. The Morgan fingerprint density at radius 3 is 3.05 bits per heavy atom. The van der Waals surface area contributed by atoms with Gasteiger partial charge in [-0.2, -0.15) is 5.10 Å². The molecule has 1 aliphatic rings. The number of carbonyl (C=O) groups is 1. The molecule has 2 unspecified atom stereocenters. The number of rotatable bonds is 3. The molecule has 1 saturated heterocycles. The highest BCUT2D eigenvalue weighted by Gasteiger charge is 2.31. The maximum absolute atomic E-state index is 12.5. The van der Waals surface area contributed by atoms with Crippen molar-refractivity contribution < 1.29 is 4.79 Å². The Morgan fingerprint density at radius 2 is 2.30 bits per heavy atom. The molecule has 0 radical (unpaired) electrons. The Balaban J connectivity index is 1.76. The first-order valence-corrected chi connectivity index (χ1v) is 7.10. The van der Waals surface area contributed by atoms with Crippen molar-refractivity contribution in [3.8, 4) is 0 Å². The number of hydrogen-bond donors (Lipinski definition) is 2. The number of amides is 1. The van der Waals surface area contributed by atoms with E-state index in [0.29, 0.717) is 18.9 Å². The second-order valence-corrected chi connectivity index (χ2v) is 5.63. The van der Waals surface area contributed by atoms with Crippen LogP contribution in [0.25, 0.3) is 10.9 Å². The van der Waals surface area contributed by atoms with Gasteiger partial charge in [0.1, 0.15) is 0 Å². The van der Waals surface area contributed by atoms with E-state index in [0.717, 1.165) is 29.6 Å². The smallest absolute Gasteiger partial charge is 0.228 e. The number of nitrogens with one attached hydrogen (secondary N) is 1. The second-order valence-electron chi connectivity index (χ2n) is 5.63. The Kier molecular flexibility index (Phi) is 3.44. The van der Waals surface area contributed by atoms with Gasteiger partial charge in [0, 0.05) is 18.0 Å². The highest BCUT2D eigenvalue weighted by molar-refractivity contribution is 5.87. The standard InChI is InChI=1S/C15H20N4O/c1-10-6-11(8-16)9-19(10)15(20)7-14-12-4-2-3-5-13(12)17-18-14/h2-5,10-11H,6-9,16H2,1H3,(H,17,18). The Labute approximate surface area is 118 Å². The minimum absolute atomic E-state index is 0.155. The summed E-state index contributed by atoms with van der Waals surface area (Å²) >= 11 is 0. The SMILES string of the molecule is CC1CC(CN)CN1C(=O)Cc1[nH]nc2ccccc12. The van der Waals surface area contributed by atoms with E-state index in [4.69, 9.17) is 5.73 Å². The van der Waals surface area contributed by atoms with Crippen LogP contribution >= 0.6 is 0 Å². The zero-order valence-corrected chi connectivity index (χ0v) is 11.7. The minimum Gasteiger partial charge on any atom is -0.339 e. The number of aromatic amines is 1. The number of para-hydroxylation sites is 1. The molecule has 1 aromatic carbocycles. The topological polar surface area (TPSA) is 75.0 Å². The molecule has 3 N–H and O–H groups in total. The van der Waals surface area contributed by atoms with Crippen molar-refractivity contribution in [3.05, 3.63) is 30.0 Å². The molecule has 2 atom stereocenters. The summed E-state index contributed by atoms with van der Waals surface area (Å²) in [5.41, 5.74) is 7.52. The van der Waals surface area contributed by atoms with Crippen molar-refractivity contribution in [1.82, 2.24) is 15.1 Å². The van der Waals surface area contributed by atoms with Crippen LogP contribution in [0.5, 0.6) is 0 Å². The predicted octanol–water partition coefficient (Wildman–Crippen LogP) is 1.30. The van der Waals surface area contributed by atoms with E-state index in [2.05, 4.69) is 17.1 Å². The number of likely N-dealkylation sites (tertiary alicyclic amines) is 1. The number of fused-ring (bicyclic) bond motifs is 1. The van der Waals surface area contributed by atoms with E-state index in [1.54, 1.807) is 0 Å². The number of hydrogen-bond acceptors (Lipinski definition) is 3.